The Kier molecular flexibility index (Phi) is 2.79. The van der Waals surface area contributed by atoms with Gasteiger partial charge in [0.25, 0.3) is 0 Å². The van der Waals surface area contributed by atoms with Gasteiger partial charge in [-0.25, -0.2) is 0 Å². The van der Waals surface area contributed by atoms with Crippen molar-refractivity contribution in [3.8, 4) is 0 Å². The highest BCUT2D eigenvalue weighted by Gasteiger charge is 2.50. The Labute approximate surface area is 103 Å². The zero-order chi connectivity index (χ0) is 11.9. The van der Waals surface area contributed by atoms with E-state index in [9.17, 15) is 4.79 Å². The van der Waals surface area contributed by atoms with Gasteiger partial charge in [0.05, 0.1) is 5.60 Å². The van der Waals surface area contributed by atoms with E-state index >= 15 is 0 Å². The topological polar surface area (TPSA) is 35.5 Å². The van der Waals surface area contributed by atoms with E-state index in [4.69, 9.17) is 9.47 Å². The Hall–Kier alpha value is -0.410. The summed E-state index contributed by atoms with van der Waals surface area (Å²) in [6.07, 6.45) is 5.99. The molecule has 0 amide bonds. The van der Waals surface area contributed by atoms with E-state index < -0.39 is 0 Å². The molecule has 1 atom stereocenters. The Morgan fingerprint density at radius 3 is 2.47 bits per heavy atom. The third-order valence-corrected chi connectivity index (χ3v) is 4.86. The van der Waals surface area contributed by atoms with Crippen molar-refractivity contribution in [1.82, 2.24) is 0 Å². The minimum atomic E-state index is -0.0396. The number of hydrogen-bond acceptors (Lipinski definition) is 3. The van der Waals surface area contributed by atoms with Crippen molar-refractivity contribution in [1.29, 1.82) is 0 Å². The molecule has 3 fully saturated rings. The second-order valence-electron chi connectivity index (χ2n) is 6.26. The van der Waals surface area contributed by atoms with Crippen molar-refractivity contribution in [3.05, 3.63) is 0 Å². The van der Waals surface area contributed by atoms with E-state index in [-0.39, 0.29) is 16.9 Å². The molecule has 0 aromatic rings. The summed E-state index contributed by atoms with van der Waals surface area (Å²) in [6, 6.07) is 0. The van der Waals surface area contributed by atoms with E-state index in [0.717, 1.165) is 58.3 Å². The summed E-state index contributed by atoms with van der Waals surface area (Å²) in [4.78, 5) is 12.4. The molecule has 3 aliphatic rings. The van der Waals surface area contributed by atoms with Crippen molar-refractivity contribution in [3.63, 3.8) is 0 Å². The Morgan fingerprint density at radius 2 is 1.82 bits per heavy atom. The van der Waals surface area contributed by atoms with Crippen molar-refractivity contribution in [2.75, 3.05) is 19.8 Å². The van der Waals surface area contributed by atoms with Gasteiger partial charge in [0.1, 0.15) is 5.78 Å². The first kappa shape index (κ1) is 11.7. The summed E-state index contributed by atoms with van der Waals surface area (Å²) in [5.41, 5.74) is -0.0174. The number of rotatable bonds is 2. The molecule has 0 aromatic heterocycles. The molecule has 1 spiro atoms. The fraction of sp³-hybridized carbons (Fsp3) is 0.929. The zero-order valence-electron chi connectivity index (χ0n) is 10.7. The van der Waals surface area contributed by atoms with Gasteiger partial charge in [-0.05, 0) is 38.5 Å². The summed E-state index contributed by atoms with van der Waals surface area (Å²) in [7, 11) is 0. The molecule has 3 nitrogen and oxygen atoms in total. The van der Waals surface area contributed by atoms with E-state index in [1.807, 2.05) is 0 Å². The molecule has 2 heterocycles. The first-order valence-corrected chi connectivity index (χ1v) is 6.90. The number of ether oxygens (including phenoxy) is 2. The van der Waals surface area contributed by atoms with Gasteiger partial charge < -0.3 is 9.47 Å². The first-order valence-electron chi connectivity index (χ1n) is 6.90. The van der Waals surface area contributed by atoms with Gasteiger partial charge in [-0.1, -0.05) is 6.92 Å². The Bertz CT molecular complexity index is 308. The average Bonchev–Trinajstić information content (AvgIpc) is 3.09. The maximum atomic E-state index is 12.4. The molecule has 1 aliphatic carbocycles. The number of hydrogen-bond donors (Lipinski definition) is 0. The molecule has 0 radical (unpaired) electrons. The van der Waals surface area contributed by atoms with Gasteiger partial charge >= 0.3 is 0 Å². The molecule has 3 rings (SSSR count). The molecule has 1 saturated carbocycles. The normalized spacial score (nSPS) is 34.5. The summed E-state index contributed by atoms with van der Waals surface area (Å²) >= 11 is 0. The van der Waals surface area contributed by atoms with Gasteiger partial charge in [0, 0.05) is 31.2 Å². The van der Waals surface area contributed by atoms with Gasteiger partial charge in [0.2, 0.25) is 0 Å². The van der Waals surface area contributed by atoms with Gasteiger partial charge in [-0.3, -0.25) is 4.79 Å². The molecule has 96 valence electrons. The highest BCUT2D eigenvalue weighted by molar-refractivity contribution is 5.89. The minimum Gasteiger partial charge on any atom is -0.381 e. The van der Waals surface area contributed by atoms with Crippen molar-refractivity contribution < 1.29 is 14.3 Å². The number of carbonyl (C=O) groups is 1. The predicted molar refractivity (Wildman–Crippen MR) is 63.8 cm³/mol. The third kappa shape index (κ3) is 2.15. The summed E-state index contributed by atoms with van der Waals surface area (Å²) < 4.78 is 11.4. The lowest BCUT2D eigenvalue weighted by Crippen LogP contribution is -2.46. The SMILES string of the molecule is CC1(C(=O)C2CCOC3(CCOCC3)C2)CC1. The number of carbonyl (C=O) groups excluding carboxylic acids is 1. The smallest absolute Gasteiger partial charge is 0.142 e. The number of ketones is 1. The molecule has 2 aliphatic heterocycles. The molecular formula is C14H22O3. The van der Waals surface area contributed by atoms with Crippen LogP contribution in [-0.2, 0) is 14.3 Å². The van der Waals surface area contributed by atoms with E-state index in [1.165, 1.54) is 0 Å². The van der Waals surface area contributed by atoms with Crippen LogP contribution >= 0.6 is 0 Å². The lowest BCUT2D eigenvalue weighted by atomic mass is 9.76. The first-order chi connectivity index (χ1) is 8.14. The van der Waals surface area contributed by atoms with Crippen LogP contribution < -0.4 is 0 Å². The zero-order valence-corrected chi connectivity index (χ0v) is 10.7. The van der Waals surface area contributed by atoms with Crippen molar-refractivity contribution in [2.45, 2.75) is 51.0 Å². The fourth-order valence-corrected chi connectivity index (χ4v) is 3.27. The highest BCUT2D eigenvalue weighted by atomic mass is 16.5. The van der Waals surface area contributed by atoms with Gasteiger partial charge in [-0.15, -0.1) is 0 Å². The lowest BCUT2D eigenvalue weighted by Gasteiger charge is -2.43. The standard InChI is InChI=1S/C14H22O3/c1-13(3-4-13)12(15)11-2-7-17-14(10-11)5-8-16-9-6-14/h11H,2-10H2,1H3. The van der Waals surface area contributed by atoms with Crippen LogP contribution in [0.3, 0.4) is 0 Å². The summed E-state index contributed by atoms with van der Waals surface area (Å²) in [5.74, 6) is 0.751. The lowest BCUT2D eigenvalue weighted by molar-refractivity contribution is -0.159. The molecule has 0 aromatic carbocycles. The average molecular weight is 238 g/mol. The van der Waals surface area contributed by atoms with Crippen LogP contribution in [0.25, 0.3) is 0 Å². The van der Waals surface area contributed by atoms with E-state index in [0.29, 0.717) is 5.78 Å². The van der Waals surface area contributed by atoms with E-state index in [1.54, 1.807) is 0 Å². The van der Waals surface area contributed by atoms with Crippen LogP contribution in [0.5, 0.6) is 0 Å². The summed E-state index contributed by atoms with van der Waals surface area (Å²) in [6.45, 7) is 4.46. The molecule has 0 bridgehead atoms. The largest absolute Gasteiger partial charge is 0.381 e. The van der Waals surface area contributed by atoms with Crippen molar-refractivity contribution >= 4 is 5.78 Å². The van der Waals surface area contributed by atoms with Crippen LogP contribution in [0.15, 0.2) is 0 Å². The van der Waals surface area contributed by atoms with Gasteiger partial charge in [0.15, 0.2) is 0 Å². The third-order valence-electron chi connectivity index (χ3n) is 4.86. The minimum absolute atomic E-state index is 0.0222. The van der Waals surface area contributed by atoms with Crippen LogP contribution in [0.1, 0.15) is 45.4 Å². The Morgan fingerprint density at radius 1 is 1.12 bits per heavy atom. The summed E-state index contributed by atoms with van der Waals surface area (Å²) in [5, 5.41) is 0. The van der Waals surface area contributed by atoms with Crippen molar-refractivity contribution in [2.24, 2.45) is 11.3 Å². The fourth-order valence-electron chi connectivity index (χ4n) is 3.27. The molecule has 17 heavy (non-hydrogen) atoms. The monoisotopic (exact) mass is 238 g/mol. The van der Waals surface area contributed by atoms with Gasteiger partial charge in [-0.2, -0.15) is 0 Å². The van der Waals surface area contributed by atoms with Crippen LogP contribution in [0.4, 0.5) is 0 Å². The maximum Gasteiger partial charge on any atom is 0.142 e. The Balaban J connectivity index is 1.68. The molecule has 0 N–H and O–H groups in total. The number of Topliss-reactive ketones (excluding diaryl/α,β-unsaturated/α-hetero) is 1. The highest BCUT2D eigenvalue weighted by Crippen LogP contribution is 2.50. The molecular weight excluding hydrogens is 216 g/mol. The maximum absolute atomic E-state index is 12.4. The molecule has 1 unspecified atom stereocenters. The van der Waals surface area contributed by atoms with Crippen LogP contribution in [0, 0.1) is 11.3 Å². The van der Waals surface area contributed by atoms with Crippen LogP contribution in [0.2, 0.25) is 0 Å². The predicted octanol–water partition coefficient (Wildman–Crippen LogP) is 2.33. The van der Waals surface area contributed by atoms with Crippen LogP contribution in [-0.4, -0.2) is 31.2 Å². The second kappa shape index (κ2) is 4.06. The van der Waals surface area contributed by atoms with E-state index in [2.05, 4.69) is 6.92 Å². The quantitative estimate of drug-likeness (QED) is 0.740. The molecule has 3 heteroatoms. The molecule has 2 saturated heterocycles. The second-order valence-corrected chi connectivity index (χ2v) is 6.26.